The molecule has 1 fully saturated rings. The highest BCUT2D eigenvalue weighted by Crippen LogP contribution is 2.14. The van der Waals surface area contributed by atoms with E-state index in [9.17, 15) is 4.79 Å². The zero-order chi connectivity index (χ0) is 9.26. The first kappa shape index (κ1) is 8.69. The molecule has 1 aromatic heterocycles. The third-order valence-corrected chi connectivity index (χ3v) is 3.03. The van der Waals surface area contributed by atoms with E-state index in [1.807, 2.05) is 6.92 Å². The second-order valence-corrected chi connectivity index (χ2v) is 4.43. The molecule has 1 N–H and O–H groups in total. The zero-order valence-electron chi connectivity index (χ0n) is 7.54. The molecule has 1 unspecified atom stereocenters. The lowest BCUT2D eigenvalue weighted by atomic mass is 10.1. The molecule has 1 aromatic rings. The highest BCUT2D eigenvalue weighted by atomic mass is 32.1. The van der Waals surface area contributed by atoms with Crippen LogP contribution in [0.5, 0.6) is 0 Å². The first-order valence-corrected chi connectivity index (χ1v) is 5.32. The van der Waals surface area contributed by atoms with E-state index in [0.29, 0.717) is 12.5 Å². The van der Waals surface area contributed by atoms with E-state index < -0.39 is 0 Å². The number of carbonyl (C=O) groups excluding carboxylic acids is 1. The molecule has 1 aliphatic rings. The Hall–Kier alpha value is -0.900. The molecule has 2 heterocycles. The largest absolute Gasteiger partial charge is 0.353 e. The molecule has 70 valence electrons. The highest BCUT2D eigenvalue weighted by Gasteiger charge is 2.21. The summed E-state index contributed by atoms with van der Waals surface area (Å²) in [4.78, 5) is 15.3. The zero-order valence-corrected chi connectivity index (χ0v) is 8.36. The molecule has 0 aliphatic carbocycles. The molecular formula is C9H12N2OS. The summed E-state index contributed by atoms with van der Waals surface area (Å²) in [5.41, 5.74) is 1.11. The number of carbonyl (C=O) groups is 1. The maximum absolute atomic E-state index is 10.9. The Kier molecular flexibility index (Phi) is 2.31. The average Bonchev–Trinajstić information content (AvgIpc) is 2.62. The summed E-state index contributed by atoms with van der Waals surface area (Å²) in [7, 11) is 0. The molecular weight excluding hydrogens is 184 g/mol. The van der Waals surface area contributed by atoms with Crippen molar-refractivity contribution in [1.82, 2.24) is 10.3 Å². The number of aromatic nitrogens is 1. The Morgan fingerprint density at radius 1 is 1.77 bits per heavy atom. The van der Waals surface area contributed by atoms with Crippen molar-refractivity contribution in [3.63, 3.8) is 0 Å². The van der Waals surface area contributed by atoms with Crippen molar-refractivity contribution in [2.45, 2.75) is 32.2 Å². The van der Waals surface area contributed by atoms with E-state index in [4.69, 9.17) is 0 Å². The van der Waals surface area contributed by atoms with Gasteiger partial charge < -0.3 is 5.32 Å². The predicted molar refractivity (Wildman–Crippen MR) is 51.7 cm³/mol. The number of rotatable bonds is 2. The van der Waals surface area contributed by atoms with Crippen LogP contribution in [0.15, 0.2) is 5.38 Å². The highest BCUT2D eigenvalue weighted by molar-refractivity contribution is 7.09. The Balaban J connectivity index is 1.95. The smallest absolute Gasteiger partial charge is 0.220 e. The predicted octanol–water partition coefficient (Wildman–Crippen LogP) is 1.27. The van der Waals surface area contributed by atoms with E-state index in [2.05, 4.69) is 15.7 Å². The normalized spacial score (nSPS) is 21.9. The van der Waals surface area contributed by atoms with Crippen molar-refractivity contribution in [3.8, 4) is 0 Å². The molecule has 0 spiro atoms. The van der Waals surface area contributed by atoms with E-state index in [1.54, 1.807) is 11.3 Å². The van der Waals surface area contributed by atoms with Gasteiger partial charge in [0.2, 0.25) is 5.91 Å². The van der Waals surface area contributed by atoms with Crippen LogP contribution in [-0.2, 0) is 11.2 Å². The molecule has 1 aliphatic heterocycles. The van der Waals surface area contributed by atoms with Crippen LogP contribution in [0.1, 0.15) is 23.5 Å². The molecule has 1 atom stereocenters. The van der Waals surface area contributed by atoms with Crippen LogP contribution in [0.4, 0.5) is 0 Å². The van der Waals surface area contributed by atoms with Crippen LogP contribution in [0.3, 0.4) is 0 Å². The van der Waals surface area contributed by atoms with Crippen LogP contribution in [0.2, 0.25) is 0 Å². The number of amides is 1. The molecule has 0 bridgehead atoms. The maximum Gasteiger partial charge on any atom is 0.220 e. The van der Waals surface area contributed by atoms with Crippen molar-refractivity contribution in [2.24, 2.45) is 0 Å². The van der Waals surface area contributed by atoms with Gasteiger partial charge in [-0.3, -0.25) is 4.79 Å². The van der Waals surface area contributed by atoms with Gasteiger partial charge in [0.25, 0.3) is 0 Å². The molecule has 4 heteroatoms. The van der Waals surface area contributed by atoms with Crippen LogP contribution in [-0.4, -0.2) is 16.9 Å². The Bertz CT molecular complexity index is 321. The Morgan fingerprint density at radius 2 is 2.62 bits per heavy atom. The van der Waals surface area contributed by atoms with Gasteiger partial charge in [-0.15, -0.1) is 11.3 Å². The first-order chi connectivity index (χ1) is 6.24. The van der Waals surface area contributed by atoms with Crippen LogP contribution in [0.25, 0.3) is 0 Å². The Morgan fingerprint density at radius 3 is 3.15 bits per heavy atom. The van der Waals surface area contributed by atoms with E-state index in [0.717, 1.165) is 23.5 Å². The molecule has 0 saturated carbocycles. The SMILES string of the molecule is Cc1nc(CC2CCC(=O)N2)cs1. The number of hydrogen-bond donors (Lipinski definition) is 1. The number of nitrogens with zero attached hydrogens (tertiary/aromatic N) is 1. The monoisotopic (exact) mass is 196 g/mol. The second-order valence-electron chi connectivity index (χ2n) is 3.37. The van der Waals surface area contributed by atoms with Crippen molar-refractivity contribution < 1.29 is 4.79 Å². The fraction of sp³-hybridized carbons (Fsp3) is 0.556. The number of hydrogen-bond acceptors (Lipinski definition) is 3. The van der Waals surface area contributed by atoms with Gasteiger partial charge >= 0.3 is 0 Å². The molecule has 2 rings (SSSR count). The van der Waals surface area contributed by atoms with Gasteiger partial charge in [-0.1, -0.05) is 0 Å². The summed E-state index contributed by atoms with van der Waals surface area (Å²) in [6.45, 7) is 2.00. The summed E-state index contributed by atoms with van der Waals surface area (Å²) in [6, 6.07) is 0.314. The maximum atomic E-state index is 10.9. The van der Waals surface area contributed by atoms with Crippen LogP contribution < -0.4 is 5.32 Å². The standard InChI is InChI=1S/C9H12N2OS/c1-6-10-8(5-13-6)4-7-2-3-9(12)11-7/h5,7H,2-4H2,1H3,(H,11,12). The molecule has 0 radical (unpaired) electrons. The van der Waals surface area contributed by atoms with Gasteiger partial charge in [-0.25, -0.2) is 4.98 Å². The number of aryl methyl sites for hydroxylation is 1. The van der Waals surface area contributed by atoms with E-state index in [1.165, 1.54) is 0 Å². The van der Waals surface area contributed by atoms with Crippen molar-refractivity contribution in [1.29, 1.82) is 0 Å². The van der Waals surface area contributed by atoms with Crippen molar-refractivity contribution in [3.05, 3.63) is 16.1 Å². The van der Waals surface area contributed by atoms with Gasteiger partial charge in [-0.2, -0.15) is 0 Å². The molecule has 0 aromatic carbocycles. The molecule has 13 heavy (non-hydrogen) atoms. The minimum atomic E-state index is 0.178. The lowest BCUT2D eigenvalue weighted by Gasteiger charge is -2.06. The molecule has 1 saturated heterocycles. The van der Waals surface area contributed by atoms with Gasteiger partial charge in [-0.05, 0) is 13.3 Å². The van der Waals surface area contributed by atoms with Crippen LogP contribution >= 0.6 is 11.3 Å². The third-order valence-electron chi connectivity index (χ3n) is 2.21. The fourth-order valence-electron chi connectivity index (χ4n) is 1.58. The average molecular weight is 196 g/mol. The van der Waals surface area contributed by atoms with E-state index >= 15 is 0 Å². The topological polar surface area (TPSA) is 42.0 Å². The van der Waals surface area contributed by atoms with Crippen molar-refractivity contribution in [2.75, 3.05) is 0 Å². The van der Waals surface area contributed by atoms with Gasteiger partial charge in [0, 0.05) is 24.3 Å². The molecule has 1 amide bonds. The van der Waals surface area contributed by atoms with Crippen LogP contribution in [0, 0.1) is 6.92 Å². The van der Waals surface area contributed by atoms with E-state index in [-0.39, 0.29) is 5.91 Å². The fourth-order valence-corrected chi connectivity index (χ4v) is 2.21. The lowest BCUT2D eigenvalue weighted by Crippen LogP contribution is -2.27. The minimum absolute atomic E-state index is 0.178. The summed E-state index contributed by atoms with van der Waals surface area (Å²) >= 11 is 1.66. The third kappa shape index (κ3) is 2.06. The van der Waals surface area contributed by atoms with Crippen molar-refractivity contribution >= 4 is 17.2 Å². The quantitative estimate of drug-likeness (QED) is 0.774. The minimum Gasteiger partial charge on any atom is -0.353 e. The number of nitrogens with one attached hydrogen (secondary N) is 1. The molecule has 3 nitrogen and oxygen atoms in total. The summed E-state index contributed by atoms with van der Waals surface area (Å²) in [5.74, 6) is 0.178. The Labute approximate surface area is 81.2 Å². The number of thiazole rings is 1. The lowest BCUT2D eigenvalue weighted by molar-refractivity contribution is -0.119. The first-order valence-electron chi connectivity index (χ1n) is 4.44. The van der Waals surface area contributed by atoms with Gasteiger partial charge in [0.05, 0.1) is 10.7 Å². The summed E-state index contributed by atoms with van der Waals surface area (Å²) in [6.07, 6.45) is 2.51. The second kappa shape index (κ2) is 3.46. The van der Waals surface area contributed by atoms with Gasteiger partial charge in [0.15, 0.2) is 0 Å². The summed E-state index contributed by atoms with van der Waals surface area (Å²) < 4.78 is 0. The summed E-state index contributed by atoms with van der Waals surface area (Å²) in [5, 5.41) is 6.10. The van der Waals surface area contributed by atoms with Gasteiger partial charge in [0.1, 0.15) is 0 Å².